The molecule has 0 bridgehead atoms. The Bertz CT molecular complexity index is 1280. The summed E-state index contributed by atoms with van der Waals surface area (Å²) in [7, 11) is 1.83. The van der Waals surface area contributed by atoms with Crippen molar-refractivity contribution in [3.63, 3.8) is 0 Å². The van der Waals surface area contributed by atoms with Crippen molar-refractivity contribution in [3.05, 3.63) is 58.0 Å². The zero-order valence-electron chi connectivity index (χ0n) is 16.6. The lowest BCUT2D eigenvalue weighted by molar-refractivity contribution is 0.509. The van der Waals surface area contributed by atoms with Gasteiger partial charge in [0.05, 0.1) is 22.4 Å². The Hall–Kier alpha value is -2.70. The molecule has 156 valence electrons. The van der Waals surface area contributed by atoms with E-state index in [1.165, 1.54) is 12.8 Å². The highest BCUT2D eigenvalue weighted by Gasteiger charge is 2.23. The first kappa shape index (κ1) is 20.6. The number of halogens is 2. The zero-order valence-corrected chi connectivity index (χ0v) is 18.1. The van der Waals surface area contributed by atoms with E-state index in [2.05, 4.69) is 9.97 Å². The third-order valence-corrected chi connectivity index (χ3v) is 6.12. The molecule has 0 aliphatic heterocycles. The summed E-state index contributed by atoms with van der Waals surface area (Å²) in [6.45, 7) is 0. The molecule has 1 fully saturated rings. The van der Waals surface area contributed by atoms with Gasteiger partial charge in [-0.2, -0.15) is 0 Å². The first-order chi connectivity index (χ1) is 14.0. The van der Waals surface area contributed by atoms with Gasteiger partial charge in [0.25, 0.3) is 0 Å². The summed E-state index contributed by atoms with van der Waals surface area (Å²) in [6.07, 6.45) is 4.50. The van der Waals surface area contributed by atoms with Crippen molar-refractivity contribution in [2.75, 3.05) is 5.73 Å². The minimum absolute atomic E-state index is 0. The number of nitrogens with two attached hydrogens (primary N) is 1. The molecule has 3 N–H and O–H groups in total. The minimum Gasteiger partial charge on any atom is -0.369 e. The molecule has 8 heteroatoms. The van der Waals surface area contributed by atoms with Gasteiger partial charge in [-0.1, -0.05) is 42.6 Å². The maximum absolute atomic E-state index is 12.9. The molecule has 0 amide bonds. The van der Waals surface area contributed by atoms with Crippen LogP contribution in [0, 0.1) is 0 Å². The quantitative estimate of drug-likeness (QED) is 0.458. The van der Waals surface area contributed by atoms with Crippen molar-refractivity contribution in [2.45, 2.75) is 31.7 Å². The number of fused-ring (bicyclic) bond motifs is 1. The average Bonchev–Trinajstić information content (AvgIpc) is 3.42. The van der Waals surface area contributed by atoms with Crippen molar-refractivity contribution in [3.8, 4) is 22.5 Å². The van der Waals surface area contributed by atoms with E-state index in [4.69, 9.17) is 17.3 Å². The summed E-state index contributed by atoms with van der Waals surface area (Å²) >= 11 is 6.17. The van der Waals surface area contributed by atoms with Crippen molar-refractivity contribution in [2.24, 2.45) is 7.05 Å². The lowest BCUT2D eigenvalue weighted by Gasteiger charge is -2.11. The van der Waals surface area contributed by atoms with Crippen LogP contribution in [0.1, 0.15) is 31.7 Å². The molecule has 0 radical (unpaired) electrons. The van der Waals surface area contributed by atoms with E-state index < -0.39 is 0 Å². The second kappa shape index (κ2) is 7.85. The highest BCUT2D eigenvalue weighted by atomic mass is 35.5. The van der Waals surface area contributed by atoms with Crippen LogP contribution >= 0.6 is 24.0 Å². The molecular weight excluding hydrogens is 421 g/mol. The maximum Gasteiger partial charge on any atom is 0.329 e. The van der Waals surface area contributed by atoms with Gasteiger partial charge in [-0.3, -0.25) is 9.13 Å². The van der Waals surface area contributed by atoms with Gasteiger partial charge in [0, 0.05) is 29.2 Å². The fourth-order valence-electron chi connectivity index (χ4n) is 4.48. The van der Waals surface area contributed by atoms with Gasteiger partial charge in [-0.25, -0.2) is 9.78 Å². The van der Waals surface area contributed by atoms with E-state index in [0.29, 0.717) is 17.0 Å². The van der Waals surface area contributed by atoms with E-state index >= 15 is 0 Å². The number of nitrogens with zero attached hydrogens (tertiary/aromatic N) is 3. The highest BCUT2D eigenvalue weighted by Crippen LogP contribution is 2.35. The Morgan fingerprint density at radius 3 is 2.60 bits per heavy atom. The van der Waals surface area contributed by atoms with Crippen LogP contribution in [0.5, 0.6) is 0 Å². The summed E-state index contributed by atoms with van der Waals surface area (Å²) in [5.74, 6) is 0.340. The third-order valence-electron chi connectivity index (χ3n) is 5.89. The smallest absolute Gasteiger partial charge is 0.329 e. The molecule has 4 aromatic rings. The molecule has 0 atom stereocenters. The second-order valence-corrected chi connectivity index (χ2v) is 8.15. The van der Waals surface area contributed by atoms with Crippen LogP contribution in [-0.4, -0.2) is 19.1 Å². The highest BCUT2D eigenvalue weighted by molar-refractivity contribution is 6.30. The molecule has 2 aromatic heterocycles. The number of nitrogens with one attached hydrogen (secondary N) is 1. The molecule has 30 heavy (non-hydrogen) atoms. The lowest BCUT2D eigenvalue weighted by Crippen LogP contribution is -2.24. The van der Waals surface area contributed by atoms with Crippen molar-refractivity contribution in [1.82, 2.24) is 19.1 Å². The number of aryl methyl sites for hydroxylation is 1. The Morgan fingerprint density at radius 2 is 1.87 bits per heavy atom. The number of rotatable bonds is 3. The van der Waals surface area contributed by atoms with Crippen LogP contribution in [0.3, 0.4) is 0 Å². The Morgan fingerprint density at radius 1 is 1.10 bits per heavy atom. The molecule has 0 unspecified atom stereocenters. The lowest BCUT2D eigenvalue weighted by atomic mass is 10.0. The van der Waals surface area contributed by atoms with Crippen LogP contribution in [-0.2, 0) is 7.05 Å². The molecular formula is C22H23Cl2N5O. The molecule has 2 aromatic carbocycles. The minimum atomic E-state index is 0. The van der Waals surface area contributed by atoms with E-state index in [1.54, 1.807) is 4.57 Å². The number of nitrogen functional groups attached to an aromatic ring is 1. The van der Waals surface area contributed by atoms with Crippen molar-refractivity contribution in [1.29, 1.82) is 0 Å². The van der Waals surface area contributed by atoms with Gasteiger partial charge in [0.2, 0.25) is 0 Å². The summed E-state index contributed by atoms with van der Waals surface area (Å²) < 4.78 is 3.70. The molecule has 2 heterocycles. The van der Waals surface area contributed by atoms with Gasteiger partial charge in [0.15, 0.2) is 5.95 Å². The fraction of sp³-hybridized carbons (Fsp3) is 0.273. The Balaban J connectivity index is 0.00000218. The monoisotopic (exact) mass is 443 g/mol. The SMILES string of the molecule is Cl.Cn1c(=O)n(C2CCCC2)c2ccc(-c3[nH]c(N)nc3-c3cccc(Cl)c3)cc21. The number of aromatic nitrogens is 4. The van der Waals surface area contributed by atoms with E-state index in [9.17, 15) is 4.79 Å². The molecule has 5 rings (SSSR count). The van der Waals surface area contributed by atoms with Crippen LogP contribution in [0.25, 0.3) is 33.5 Å². The first-order valence-corrected chi connectivity index (χ1v) is 10.2. The fourth-order valence-corrected chi connectivity index (χ4v) is 4.67. The molecule has 0 saturated heterocycles. The number of imidazole rings is 2. The molecule has 0 spiro atoms. The summed E-state index contributed by atoms with van der Waals surface area (Å²) in [6, 6.07) is 13.9. The zero-order chi connectivity index (χ0) is 20.1. The first-order valence-electron chi connectivity index (χ1n) is 9.85. The predicted octanol–water partition coefficient (Wildman–Crippen LogP) is 5.17. The van der Waals surface area contributed by atoms with Gasteiger partial charge < -0.3 is 10.7 Å². The number of benzene rings is 2. The molecule has 1 aliphatic carbocycles. The van der Waals surface area contributed by atoms with Crippen molar-refractivity contribution >= 4 is 41.0 Å². The summed E-state index contributed by atoms with van der Waals surface area (Å²) in [5.41, 5.74) is 11.3. The summed E-state index contributed by atoms with van der Waals surface area (Å²) in [4.78, 5) is 20.6. The van der Waals surface area contributed by atoms with Crippen LogP contribution in [0.2, 0.25) is 5.02 Å². The number of hydrogen-bond donors (Lipinski definition) is 2. The number of hydrogen-bond acceptors (Lipinski definition) is 3. The van der Waals surface area contributed by atoms with Gasteiger partial charge in [-0.05, 0) is 37.1 Å². The predicted molar refractivity (Wildman–Crippen MR) is 124 cm³/mol. The van der Waals surface area contributed by atoms with E-state index in [0.717, 1.165) is 46.4 Å². The van der Waals surface area contributed by atoms with Crippen LogP contribution in [0.4, 0.5) is 5.95 Å². The van der Waals surface area contributed by atoms with Crippen LogP contribution < -0.4 is 11.4 Å². The molecule has 1 aliphatic rings. The number of anilines is 1. The normalized spacial score (nSPS) is 14.3. The van der Waals surface area contributed by atoms with Crippen molar-refractivity contribution < 1.29 is 0 Å². The van der Waals surface area contributed by atoms with Gasteiger partial charge in [0.1, 0.15) is 0 Å². The Labute approximate surface area is 185 Å². The largest absolute Gasteiger partial charge is 0.369 e. The standard InChI is InChI=1S/C22H22ClN5O.ClH/c1-27-18-12-14(9-10-17(18)28(22(27)29)16-7-2-3-8-16)20-19(25-21(24)26-20)13-5-4-6-15(23)11-13;/h4-6,9-12,16H,2-3,7-8H2,1H3,(H3,24,25,26);1H. The van der Waals surface area contributed by atoms with Crippen LogP contribution in [0.15, 0.2) is 47.3 Å². The molecule has 6 nitrogen and oxygen atoms in total. The van der Waals surface area contributed by atoms with E-state index in [1.807, 2.05) is 54.1 Å². The number of aromatic amines is 1. The average molecular weight is 444 g/mol. The maximum atomic E-state index is 12.9. The van der Waals surface area contributed by atoms with Gasteiger partial charge >= 0.3 is 5.69 Å². The Kier molecular flexibility index (Phi) is 5.38. The number of H-pyrrole nitrogens is 1. The molecule has 1 saturated carbocycles. The van der Waals surface area contributed by atoms with Gasteiger partial charge in [-0.15, -0.1) is 12.4 Å². The van der Waals surface area contributed by atoms with E-state index in [-0.39, 0.29) is 18.1 Å². The third kappa shape index (κ3) is 3.30. The topological polar surface area (TPSA) is 81.6 Å². The second-order valence-electron chi connectivity index (χ2n) is 7.71. The summed E-state index contributed by atoms with van der Waals surface area (Å²) in [5, 5.41) is 0.640.